The smallest absolute Gasteiger partial charge is 0.123 e. The maximum atomic E-state index is 10.5. The Labute approximate surface area is 103 Å². The van der Waals surface area contributed by atoms with Gasteiger partial charge in [-0.3, -0.25) is 0 Å². The average Bonchev–Trinajstić information content (AvgIpc) is 2.37. The molecule has 2 unspecified atom stereocenters. The molecule has 1 aromatic rings. The van der Waals surface area contributed by atoms with Gasteiger partial charge in [0.15, 0.2) is 0 Å². The Hall–Kier alpha value is -1.06. The molecule has 17 heavy (non-hydrogen) atoms. The summed E-state index contributed by atoms with van der Waals surface area (Å²) in [6.45, 7) is 5.13. The Bertz CT molecular complexity index is 392. The summed E-state index contributed by atoms with van der Waals surface area (Å²) in [6, 6.07) is 7.90. The van der Waals surface area contributed by atoms with Gasteiger partial charge in [-0.25, -0.2) is 0 Å². The minimum atomic E-state index is -0.433. The maximum Gasteiger partial charge on any atom is 0.123 e. The number of aliphatic hydroxyl groups excluding tert-OH is 1. The minimum absolute atomic E-state index is 0.185. The zero-order valence-corrected chi connectivity index (χ0v) is 10.5. The van der Waals surface area contributed by atoms with E-state index in [0.717, 1.165) is 17.7 Å². The third-order valence-corrected chi connectivity index (χ3v) is 3.79. The highest BCUT2D eigenvalue weighted by Crippen LogP contribution is 2.42. The van der Waals surface area contributed by atoms with Crippen molar-refractivity contribution in [3.05, 3.63) is 29.8 Å². The van der Waals surface area contributed by atoms with Crippen LogP contribution in [-0.2, 0) is 5.41 Å². The number of nitrogens with two attached hydrogens (primary N) is 1. The molecule has 0 aliphatic carbocycles. The van der Waals surface area contributed by atoms with Gasteiger partial charge in [0, 0.05) is 17.5 Å². The molecule has 3 nitrogen and oxygen atoms in total. The van der Waals surface area contributed by atoms with Crippen molar-refractivity contribution in [2.45, 2.75) is 31.8 Å². The van der Waals surface area contributed by atoms with E-state index in [2.05, 4.69) is 0 Å². The summed E-state index contributed by atoms with van der Waals surface area (Å²) in [7, 11) is 0. The zero-order chi connectivity index (χ0) is 12.5. The first-order chi connectivity index (χ1) is 8.12. The van der Waals surface area contributed by atoms with Crippen LogP contribution in [-0.4, -0.2) is 24.4 Å². The molecule has 1 heterocycles. The highest BCUT2D eigenvalue weighted by molar-refractivity contribution is 5.42. The molecule has 3 N–H and O–H groups in total. The Balaban J connectivity index is 2.49. The highest BCUT2D eigenvalue weighted by Gasteiger charge is 2.43. The van der Waals surface area contributed by atoms with Crippen molar-refractivity contribution in [1.82, 2.24) is 0 Å². The van der Waals surface area contributed by atoms with Crippen molar-refractivity contribution in [3.8, 4) is 5.75 Å². The van der Waals surface area contributed by atoms with E-state index in [4.69, 9.17) is 10.5 Å². The predicted molar refractivity (Wildman–Crippen MR) is 68.1 cm³/mol. The van der Waals surface area contributed by atoms with Gasteiger partial charge in [0.1, 0.15) is 5.75 Å². The van der Waals surface area contributed by atoms with Gasteiger partial charge in [-0.2, -0.15) is 0 Å². The van der Waals surface area contributed by atoms with Gasteiger partial charge in [-0.15, -0.1) is 0 Å². The molecule has 0 saturated carbocycles. The molecule has 0 amide bonds. The lowest BCUT2D eigenvalue weighted by Crippen LogP contribution is -2.51. The van der Waals surface area contributed by atoms with Crippen molar-refractivity contribution >= 4 is 0 Å². The average molecular weight is 235 g/mol. The first-order valence-corrected chi connectivity index (χ1v) is 6.22. The number of hydrogen-bond acceptors (Lipinski definition) is 3. The third kappa shape index (κ3) is 1.94. The lowest BCUT2D eigenvalue weighted by Gasteiger charge is -2.43. The van der Waals surface area contributed by atoms with Crippen molar-refractivity contribution < 1.29 is 9.84 Å². The van der Waals surface area contributed by atoms with Crippen LogP contribution < -0.4 is 10.5 Å². The van der Waals surface area contributed by atoms with Crippen LogP contribution in [0.4, 0.5) is 0 Å². The Morgan fingerprint density at radius 3 is 2.76 bits per heavy atom. The second-order valence-corrected chi connectivity index (χ2v) is 5.14. The fourth-order valence-corrected chi connectivity index (χ4v) is 2.76. The first-order valence-electron chi connectivity index (χ1n) is 6.22. The second kappa shape index (κ2) is 4.67. The number of aliphatic hydroxyl groups is 1. The summed E-state index contributed by atoms with van der Waals surface area (Å²) in [5.41, 5.74) is 6.67. The van der Waals surface area contributed by atoms with Crippen molar-refractivity contribution in [2.75, 3.05) is 13.2 Å². The molecule has 3 heteroatoms. The molecule has 0 aromatic heterocycles. The molecule has 0 fully saturated rings. The molecule has 0 bridgehead atoms. The fraction of sp³-hybridized carbons (Fsp3) is 0.571. The van der Waals surface area contributed by atoms with Gasteiger partial charge in [-0.05, 0) is 18.4 Å². The Kier molecular flexibility index (Phi) is 3.40. The number of hydrogen-bond donors (Lipinski definition) is 2. The van der Waals surface area contributed by atoms with E-state index < -0.39 is 6.10 Å². The topological polar surface area (TPSA) is 55.5 Å². The predicted octanol–water partition coefficient (Wildman–Crippen LogP) is 1.68. The first kappa shape index (κ1) is 12.4. The summed E-state index contributed by atoms with van der Waals surface area (Å²) in [4.78, 5) is 0. The van der Waals surface area contributed by atoms with E-state index in [1.165, 1.54) is 0 Å². The van der Waals surface area contributed by atoms with Gasteiger partial charge in [0.05, 0.1) is 12.7 Å². The van der Waals surface area contributed by atoms with Crippen LogP contribution in [0, 0.1) is 5.92 Å². The zero-order valence-electron chi connectivity index (χ0n) is 10.5. The molecule has 0 saturated heterocycles. The van der Waals surface area contributed by atoms with Gasteiger partial charge in [0.25, 0.3) is 0 Å². The van der Waals surface area contributed by atoms with Crippen LogP contribution in [0.5, 0.6) is 5.75 Å². The van der Waals surface area contributed by atoms with Crippen LogP contribution >= 0.6 is 0 Å². The highest BCUT2D eigenvalue weighted by atomic mass is 16.5. The lowest BCUT2D eigenvalue weighted by molar-refractivity contribution is 0.0212. The molecule has 94 valence electrons. The number of fused-ring (bicyclic) bond motifs is 1. The molecule has 1 aliphatic rings. The van der Waals surface area contributed by atoms with E-state index in [0.29, 0.717) is 13.2 Å². The van der Waals surface area contributed by atoms with Gasteiger partial charge < -0.3 is 15.6 Å². The molecular weight excluding hydrogens is 214 g/mol. The molecular formula is C14H21NO2. The summed E-state index contributed by atoms with van der Waals surface area (Å²) < 4.78 is 5.64. The van der Waals surface area contributed by atoms with Crippen LogP contribution in [0.2, 0.25) is 0 Å². The van der Waals surface area contributed by atoms with Crippen LogP contribution in [0.15, 0.2) is 24.3 Å². The molecule has 0 radical (unpaired) electrons. The summed E-state index contributed by atoms with van der Waals surface area (Å²) >= 11 is 0. The number of rotatable bonds is 3. The summed E-state index contributed by atoms with van der Waals surface area (Å²) in [5, 5.41) is 10.5. The largest absolute Gasteiger partial charge is 0.493 e. The monoisotopic (exact) mass is 235 g/mol. The van der Waals surface area contributed by atoms with Crippen molar-refractivity contribution in [1.29, 1.82) is 0 Å². The molecule has 1 aliphatic heterocycles. The van der Waals surface area contributed by atoms with Crippen molar-refractivity contribution in [2.24, 2.45) is 11.7 Å². The molecule has 2 rings (SSSR count). The van der Waals surface area contributed by atoms with Crippen LogP contribution in [0.1, 0.15) is 25.8 Å². The summed E-state index contributed by atoms with van der Waals surface area (Å²) in [5.74, 6) is 1.05. The number of ether oxygens (including phenoxy) is 1. The lowest BCUT2D eigenvalue weighted by atomic mass is 9.68. The Morgan fingerprint density at radius 1 is 1.41 bits per heavy atom. The van der Waals surface area contributed by atoms with E-state index in [1.54, 1.807) is 0 Å². The number of benzene rings is 1. The van der Waals surface area contributed by atoms with Crippen molar-refractivity contribution in [3.63, 3.8) is 0 Å². The van der Waals surface area contributed by atoms with Gasteiger partial charge in [0.2, 0.25) is 0 Å². The van der Waals surface area contributed by atoms with E-state index in [9.17, 15) is 5.11 Å². The second-order valence-electron chi connectivity index (χ2n) is 5.14. The van der Waals surface area contributed by atoms with Crippen LogP contribution in [0.3, 0.4) is 0 Å². The van der Waals surface area contributed by atoms with E-state index in [-0.39, 0.29) is 11.3 Å². The molecule has 1 aromatic carbocycles. The standard InChI is InChI=1S/C14H21NO2/c1-10(2)13(16)14(9-15)7-8-17-12-6-4-3-5-11(12)14/h3-6,10,13,16H,7-9,15H2,1-2H3. The SMILES string of the molecule is CC(C)C(O)C1(CN)CCOc2ccccc21. The normalized spacial score (nSPS) is 25.2. The molecule has 2 atom stereocenters. The quantitative estimate of drug-likeness (QED) is 0.838. The maximum absolute atomic E-state index is 10.5. The fourth-order valence-electron chi connectivity index (χ4n) is 2.76. The minimum Gasteiger partial charge on any atom is -0.493 e. The molecule has 0 spiro atoms. The summed E-state index contributed by atoms with van der Waals surface area (Å²) in [6.07, 6.45) is 0.345. The Morgan fingerprint density at radius 2 is 2.12 bits per heavy atom. The van der Waals surface area contributed by atoms with Gasteiger partial charge in [-0.1, -0.05) is 32.0 Å². The number of para-hydroxylation sites is 1. The third-order valence-electron chi connectivity index (χ3n) is 3.79. The van der Waals surface area contributed by atoms with Gasteiger partial charge >= 0.3 is 0 Å². The van der Waals surface area contributed by atoms with E-state index in [1.807, 2.05) is 38.1 Å². The van der Waals surface area contributed by atoms with Crippen LogP contribution in [0.25, 0.3) is 0 Å². The van der Waals surface area contributed by atoms with E-state index >= 15 is 0 Å².